The van der Waals surface area contributed by atoms with Crippen LogP contribution in [0.15, 0.2) is 78.9 Å². The maximum absolute atomic E-state index is 13.6. The van der Waals surface area contributed by atoms with Gasteiger partial charge in [-0.1, -0.05) is 18.2 Å². The largest absolute Gasteiger partial charge is 0.399 e. The van der Waals surface area contributed by atoms with Gasteiger partial charge in [0.05, 0.1) is 5.30 Å². The third kappa shape index (κ3) is 3.70. The van der Waals surface area contributed by atoms with Crippen molar-refractivity contribution in [1.82, 2.24) is 0 Å². The van der Waals surface area contributed by atoms with Gasteiger partial charge in [-0.3, -0.25) is 4.57 Å². The molecule has 5 nitrogen and oxygen atoms in total. The van der Waals surface area contributed by atoms with Crippen LogP contribution in [0, 0.1) is 0 Å². The van der Waals surface area contributed by atoms with Gasteiger partial charge in [0.25, 0.3) is 7.44 Å². The monoisotopic (exact) mass is 338 g/mol. The molecule has 122 valence electrons. The van der Waals surface area contributed by atoms with Crippen LogP contribution < -0.4 is 26.9 Å². The summed E-state index contributed by atoms with van der Waals surface area (Å²) in [7, 11) is -3.13. The number of benzene rings is 3. The number of anilines is 4. The van der Waals surface area contributed by atoms with Gasteiger partial charge < -0.3 is 21.6 Å². The molecule has 6 heteroatoms. The first-order valence-corrected chi connectivity index (χ1v) is 9.19. The summed E-state index contributed by atoms with van der Waals surface area (Å²) in [4.78, 5) is 0. The molecule has 6 N–H and O–H groups in total. The van der Waals surface area contributed by atoms with E-state index in [0.717, 1.165) is 11.4 Å². The Balaban J connectivity index is 1.95. The molecule has 0 amide bonds. The van der Waals surface area contributed by atoms with Crippen LogP contribution in [0.5, 0.6) is 0 Å². The number of nitrogen functional groups attached to an aromatic ring is 2. The molecular formula is C18H19N4OP. The highest BCUT2D eigenvalue weighted by atomic mass is 31.2. The molecule has 0 bridgehead atoms. The Morgan fingerprint density at radius 1 is 0.625 bits per heavy atom. The molecule has 0 atom stereocenters. The van der Waals surface area contributed by atoms with Crippen LogP contribution >= 0.6 is 7.44 Å². The molecular weight excluding hydrogens is 319 g/mol. The van der Waals surface area contributed by atoms with Gasteiger partial charge in [-0.25, -0.2) is 0 Å². The molecule has 0 fully saturated rings. The fourth-order valence-electron chi connectivity index (χ4n) is 2.27. The van der Waals surface area contributed by atoms with E-state index in [4.69, 9.17) is 11.5 Å². The van der Waals surface area contributed by atoms with Crippen LogP contribution in [0.25, 0.3) is 0 Å². The highest BCUT2D eigenvalue weighted by molar-refractivity contribution is 7.74. The Morgan fingerprint density at radius 3 is 1.46 bits per heavy atom. The predicted octanol–water partition coefficient (Wildman–Crippen LogP) is 3.89. The van der Waals surface area contributed by atoms with E-state index in [1.807, 2.05) is 30.3 Å². The fourth-order valence-corrected chi connectivity index (χ4v) is 4.21. The average Bonchev–Trinajstić information content (AvgIpc) is 2.60. The van der Waals surface area contributed by atoms with Gasteiger partial charge in [0.1, 0.15) is 0 Å². The third-order valence-electron chi connectivity index (χ3n) is 3.51. The quantitative estimate of drug-likeness (QED) is 0.418. The third-order valence-corrected chi connectivity index (χ3v) is 5.69. The van der Waals surface area contributed by atoms with Crippen LogP contribution in [0.3, 0.4) is 0 Å². The zero-order valence-electron chi connectivity index (χ0n) is 13.0. The van der Waals surface area contributed by atoms with E-state index in [-0.39, 0.29) is 0 Å². The van der Waals surface area contributed by atoms with Crippen molar-refractivity contribution >= 4 is 35.5 Å². The first kappa shape index (κ1) is 16.0. The van der Waals surface area contributed by atoms with E-state index in [9.17, 15) is 4.57 Å². The van der Waals surface area contributed by atoms with E-state index in [2.05, 4.69) is 10.2 Å². The van der Waals surface area contributed by atoms with Crippen molar-refractivity contribution < 1.29 is 4.57 Å². The summed E-state index contributed by atoms with van der Waals surface area (Å²) in [5.41, 5.74) is 14.2. The summed E-state index contributed by atoms with van der Waals surface area (Å²) in [6.07, 6.45) is 0. The average molecular weight is 338 g/mol. The van der Waals surface area contributed by atoms with E-state index >= 15 is 0 Å². The second-order valence-electron chi connectivity index (χ2n) is 5.41. The van der Waals surface area contributed by atoms with Crippen molar-refractivity contribution in [3.05, 3.63) is 78.9 Å². The van der Waals surface area contributed by atoms with Gasteiger partial charge in [0.2, 0.25) is 0 Å². The minimum atomic E-state index is -3.13. The molecule has 24 heavy (non-hydrogen) atoms. The van der Waals surface area contributed by atoms with Gasteiger partial charge >= 0.3 is 0 Å². The topological polar surface area (TPSA) is 93.2 Å². The molecule has 3 aromatic rings. The standard InChI is InChI=1S/C18H19N4OP/c19-14-6-10-16(11-7-14)21-24(23,18-4-2-1-3-5-18)22-17-12-8-15(20)9-13-17/h1-13H,19-20H2,(H2,21,22,23). The van der Waals surface area contributed by atoms with Crippen LogP contribution in [0.4, 0.5) is 22.7 Å². The molecule has 3 aromatic carbocycles. The summed E-state index contributed by atoms with van der Waals surface area (Å²) >= 11 is 0. The summed E-state index contributed by atoms with van der Waals surface area (Å²) in [6, 6.07) is 23.5. The van der Waals surface area contributed by atoms with Crippen molar-refractivity contribution in [2.45, 2.75) is 0 Å². The molecule has 0 saturated heterocycles. The maximum atomic E-state index is 13.6. The highest BCUT2D eigenvalue weighted by Crippen LogP contribution is 2.44. The summed E-state index contributed by atoms with van der Waals surface area (Å²) < 4.78 is 13.6. The fraction of sp³-hybridized carbons (Fsp3) is 0. The molecule has 0 aromatic heterocycles. The Labute approximate surface area is 141 Å². The lowest BCUT2D eigenvalue weighted by molar-refractivity contribution is 0.587. The van der Waals surface area contributed by atoms with Crippen molar-refractivity contribution in [3.63, 3.8) is 0 Å². The van der Waals surface area contributed by atoms with E-state index in [0.29, 0.717) is 16.7 Å². The zero-order valence-corrected chi connectivity index (χ0v) is 13.9. The Kier molecular flexibility index (Phi) is 4.45. The lowest BCUT2D eigenvalue weighted by Gasteiger charge is -2.23. The Morgan fingerprint density at radius 2 is 1.04 bits per heavy atom. The predicted molar refractivity (Wildman–Crippen MR) is 103 cm³/mol. The number of nitrogens with one attached hydrogen (secondary N) is 2. The second-order valence-corrected chi connectivity index (χ2v) is 7.59. The van der Waals surface area contributed by atoms with Crippen LogP contribution in [-0.2, 0) is 4.57 Å². The van der Waals surface area contributed by atoms with E-state index in [1.54, 1.807) is 48.5 Å². The maximum Gasteiger partial charge on any atom is 0.287 e. The van der Waals surface area contributed by atoms with Crippen molar-refractivity contribution in [3.8, 4) is 0 Å². The molecule has 0 aliphatic rings. The smallest absolute Gasteiger partial charge is 0.287 e. The van der Waals surface area contributed by atoms with Crippen LogP contribution in [-0.4, -0.2) is 0 Å². The molecule has 0 heterocycles. The molecule has 0 spiro atoms. The van der Waals surface area contributed by atoms with E-state index in [1.165, 1.54) is 0 Å². The summed E-state index contributed by atoms with van der Waals surface area (Å²) in [5, 5.41) is 6.92. The van der Waals surface area contributed by atoms with Crippen molar-refractivity contribution in [1.29, 1.82) is 0 Å². The first-order valence-electron chi connectivity index (χ1n) is 7.48. The van der Waals surface area contributed by atoms with E-state index < -0.39 is 7.44 Å². The number of rotatable bonds is 5. The molecule has 3 rings (SSSR count). The number of nitrogens with two attached hydrogens (primary N) is 2. The number of hydrogen-bond donors (Lipinski definition) is 4. The lowest BCUT2D eigenvalue weighted by atomic mass is 10.3. The minimum Gasteiger partial charge on any atom is -0.399 e. The van der Waals surface area contributed by atoms with Crippen LogP contribution in [0.1, 0.15) is 0 Å². The Hall–Kier alpha value is -2.91. The number of hydrogen-bond acceptors (Lipinski definition) is 3. The highest BCUT2D eigenvalue weighted by Gasteiger charge is 2.24. The summed E-state index contributed by atoms with van der Waals surface area (Å²) in [5.74, 6) is 0. The SMILES string of the molecule is Nc1ccc(NP(=O)(Nc2ccc(N)cc2)c2ccccc2)cc1. The van der Waals surface area contributed by atoms with Gasteiger partial charge in [0, 0.05) is 22.7 Å². The van der Waals surface area contributed by atoms with Gasteiger partial charge in [-0.15, -0.1) is 0 Å². The van der Waals surface area contributed by atoms with Gasteiger partial charge in [-0.2, -0.15) is 0 Å². The van der Waals surface area contributed by atoms with Crippen molar-refractivity contribution in [2.75, 3.05) is 21.6 Å². The lowest BCUT2D eigenvalue weighted by Crippen LogP contribution is -2.18. The second kappa shape index (κ2) is 6.69. The zero-order chi connectivity index (χ0) is 17.0. The molecule has 0 aliphatic heterocycles. The minimum absolute atomic E-state index is 0.654. The normalized spacial score (nSPS) is 11.0. The molecule has 0 saturated carbocycles. The van der Waals surface area contributed by atoms with Crippen LogP contribution in [0.2, 0.25) is 0 Å². The van der Waals surface area contributed by atoms with Crippen molar-refractivity contribution in [2.24, 2.45) is 0 Å². The summed E-state index contributed by atoms with van der Waals surface area (Å²) in [6.45, 7) is 0. The van der Waals surface area contributed by atoms with Gasteiger partial charge in [0.15, 0.2) is 0 Å². The molecule has 0 radical (unpaired) electrons. The Bertz CT molecular complexity index is 797. The van der Waals surface area contributed by atoms with Gasteiger partial charge in [-0.05, 0) is 60.7 Å². The first-order chi connectivity index (χ1) is 11.5. The molecule has 0 aliphatic carbocycles. The molecule has 0 unspecified atom stereocenters.